The van der Waals surface area contributed by atoms with Crippen molar-refractivity contribution in [2.75, 3.05) is 6.61 Å². The molecule has 20 heavy (non-hydrogen) atoms. The summed E-state index contributed by atoms with van der Waals surface area (Å²) in [5, 5.41) is 0. The average molecular weight is 288 g/mol. The lowest BCUT2D eigenvalue weighted by atomic mass is 9.93. The third kappa shape index (κ3) is 3.59. The number of esters is 1. The standard InChI is InChI=1S/C14H15F3O3/c1-3-5-9(14(19)20-4-2)13(18)12-10(16)6-8(15)7-11(12)17/h6-7,9H,3-5H2,1-2H3. The van der Waals surface area contributed by atoms with Crippen LogP contribution in [0.15, 0.2) is 12.1 Å². The summed E-state index contributed by atoms with van der Waals surface area (Å²) in [6.07, 6.45) is 0.563. The van der Waals surface area contributed by atoms with Gasteiger partial charge in [0.2, 0.25) is 0 Å². The molecule has 110 valence electrons. The molecule has 1 unspecified atom stereocenters. The van der Waals surface area contributed by atoms with Gasteiger partial charge in [-0.1, -0.05) is 13.3 Å². The van der Waals surface area contributed by atoms with Gasteiger partial charge in [0.05, 0.1) is 12.2 Å². The fraction of sp³-hybridized carbons (Fsp3) is 0.429. The van der Waals surface area contributed by atoms with Crippen molar-refractivity contribution in [3.63, 3.8) is 0 Å². The van der Waals surface area contributed by atoms with Crippen LogP contribution in [0, 0.1) is 23.4 Å². The Morgan fingerprint density at radius 2 is 1.70 bits per heavy atom. The Hall–Kier alpha value is -1.85. The highest BCUT2D eigenvalue weighted by molar-refractivity contribution is 6.08. The molecule has 0 heterocycles. The van der Waals surface area contributed by atoms with Crippen molar-refractivity contribution >= 4 is 11.8 Å². The molecule has 0 aliphatic heterocycles. The molecule has 1 aromatic carbocycles. The van der Waals surface area contributed by atoms with Gasteiger partial charge in [0.25, 0.3) is 0 Å². The van der Waals surface area contributed by atoms with Gasteiger partial charge in [0.1, 0.15) is 23.4 Å². The molecule has 3 nitrogen and oxygen atoms in total. The number of ketones is 1. The van der Waals surface area contributed by atoms with E-state index in [9.17, 15) is 22.8 Å². The van der Waals surface area contributed by atoms with Crippen LogP contribution in [0.3, 0.4) is 0 Å². The number of hydrogen-bond donors (Lipinski definition) is 0. The molecule has 0 N–H and O–H groups in total. The fourth-order valence-electron chi connectivity index (χ4n) is 1.84. The van der Waals surface area contributed by atoms with Crippen molar-refractivity contribution in [1.82, 2.24) is 0 Å². The molecular weight excluding hydrogens is 273 g/mol. The summed E-state index contributed by atoms with van der Waals surface area (Å²) in [6.45, 7) is 3.34. The molecule has 0 radical (unpaired) electrons. The first-order valence-electron chi connectivity index (χ1n) is 6.27. The number of rotatable bonds is 6. The molecule has 0 aromatic heterocycles. The maximum atomic E-state index is 13.6. The molecule has 0 fully saturated rings. The van der Waals surface area contributed by atoms with E-state index in [1.807, 2.05) is 0 Å². The van der Waals surface area contributed by atoms with E-state index in [1.54, 1.807) is 13.8 Å². The van der Waals surface area contributed by atoms with Crippen molar-refractivity contribution < 1.29 is 27.5 Å². The summed E-state index contributed by atoms with van der Waals surface area (Å²) < 4.78 is 44.7. The zero-order valence-corrected chi connectivity index (χ0v) is 11.2. The minimum Gasteiger partial charge on any atom is -0.465 e. The van der Waals surface area contributed by atoms with Gasteiger partial charge in [-0.15, -0.1) is 0 Å². The Kier molecular flexibility index (Phi) is 5.73. The van der Waals surface area contributed by atoms with Gasteiger partial charge < -0.3 is 4.74 Å². The van der Waals surface area contributed by atoms with Crippen LogP contribution in [-0.2, 0) is 9.53 Å². The second-order valence-electron chi connectivity index (χ2n) is 4.20. The van der Waals surface area contributed by atoms with Crippen LogP contribution < -0.4 is 0 Å². The van der Waals surface area contributed by atoms with Crippen molar-refractivity contribution in [2.24, 2.45) is 5.92 Å². The number of carbonyl (C=O) groups excluding carboxylic acids is 2. The minimum atomic E-state index is -1.32. The molecule has 1 atom stereocenters. The summed E-state index contributed by atoms with van der Waals surface area (Å²) in [6, 6.07) is 0.814. The molecular formula is C14H15F3O3. The Morgan fingerprint density at radius 3 is 2.15 bits per heavy atom. The van der Waals surface area contributed by atoms with Crippen LogP contribution in [0.1, 0.15) is 37.0 Å². The van der Waals surface area contributed by atoms with Gasteiger partial charge in [-0.25, -0.2) is 13.2 Å². The molecule has 0 saturated heterocycles. The number of Topliss-reactive ketones (excluding diaryl/α,β-unsaturated/α-hetero) is 1. The second kappa shape index (κ2) is 7.07. The molecule has 1 rings (SSSR count). The first-order valence-corrected chi connectivity index (χ1v) is 6.27. The molecule has 1 aromatic rings. The van der Waals surface area contributed by atoms with Crippen LogP contribution in [-0.4, -0.2) is 18.4 Å². The summed E-state index contributed by atoms with van der Waals surface area (Å²) in [5.74, 6) is -6.91. The fourth-order valence-corrected chi connectivity index (χ4v) is 1.84. The van der Waals surface area contributed by atoms with Gasteiger partial charge in [0, 0.05) is 12.1 Å². The van der Waals surface area contributed by atoms with E-state index >= 15 is 0 Å². The van der Waals surface area contributed by atoms with Gasteiger partial charge in [0.15, 0.2) is 5.78 Å². The topological polar surface area (TPSA) is 43.4 Å². The maximum Gasteiger partial charge on any atom is 0.316 e. The number of ether oxygens (including phenoxy) is 1. The summed E-state index contributed by atoms with van der Waals surface area (Å²) in [4.78, 5) is 23.8. The number of benzene rings is 1. The summed E-state index contributed by atoms with van der Waals surface area (Å²) in [5.41, 5.74) is -0.905. The Morgan fingerprint density at radius 1 is 1.15 bits per heavy atom. The Bertz CT molecular complexity index is 491. The molecule has 0 aliphatic rings. The van der Waals surface area contributed by atoms with E-state index in [2.05, 4.69) is 0 Å². The van der Waals surface area contributed by atoms with Crippen LogP contribution in [0.4, 0.5) is 13.2 Å². The normalized spacial score (nSPS) is 12.1. The van der Waals surface area contributed by atoms with Gasteiger partial charge in [-0.3, -0.25) is 9.59 Å². The van der Waals surface area contributed by atoms with Crippen molar-refractivity contribution in [1.29, 1.82) is 0 Å². The quantitative estimate of drug-likeness (QED) is 0.458. The maximum absolute atomic E-state index is 13.6. The largest absolute Gasteiger partial charge is 0.465 e. The smallest absolute Gasteiger partial charge is 0.316 e. The average Bonchev–Trinajstić information content (AvgIpc) is 2.34. The molecule has 0 saturated carbocycles. The zero-order valence-electron chi connectivity index (χ0n) is 11.2. The predicted molar refractivity (Wildman–Crippen MR) is 65.7 cm³/mol. The van der Waals surface area contributed by atoms with Crippen molar-refractivity contribution in [3.8, 4) is 0 Å². The van der Waals surface area contributed by atoms with Crippen molar-refractivity contribution in [3.05, 3.63) is 35.1 Å². The number of carbonyl (C=O) groups is 2. The van der Waals surface area contributed by atoms with Crippen LogP contribution in [0.25, 0.3) is 0 Å². The SMILES string of the molecule is CCCC(C(=O)OCC)C(=O)c1c(F)cc(F)cc1F. The van der Waals surface area contributed by atoms with Gasteiger partial charge >= 0.3 is 5.97 Å². The minimum absolute atomic E-state index is 0.0563. The highest BCUT2D eigenvalue weighted by Crippen LogP contribution is 2.22. The van der Waals surface area contributed by atoms with E-state index in [-0.39, 0.29) is 13.0 Å². The lowest BCUT2D eigenvalue weighted by molar-refractivity contribution is -0.146. The monoisotopic (exact) mass is 288 g/mol. The highest BCUT2D eigenvalue weighted by atomic mass is 19.1. The number of halogens is 3. The third-order valence-corrected chi connectivity index (χ3v) is 2.72. The third-order valence-electron chi connectivity index (χ3n) is 2.72. The summed E-state index contributed by atoms with van der Waals surface area (Å²) in [7, 11) is 0. The Labute approximate surface area is 114 Å². The predicted octanol–water partition coefficient (Wildman–Crippen LogP) is 3.27. The van der Waals surface area contributed by atoms with Crippen molar-refractivity contribution in [2.45, 2.75) is 26.7 Å². The second-order valence-corrected chi connectivity index (χ2v) is 4.20. The first kappa shape index (κ1) is 16.2. The number of hydrogen-bond acceptors (Lipinski definition) is 3. The van der Waals surface area contributed by atoms with Gasteiger partial charge in [-0.05, 0) is 13.3 Å². The molecule has 6 heteroatoms. The molecule has 0 bridgehead atoms. The molecule has 0 spiro atoms. The van der Waals surface area contributed by atoms with Crippen LogP contribution in [0.5, 0.6) is 0 Å². The van der Waals surface area contributed by atoms with E-state index in [0.717, 1.165) is 0 Å². The molecule has 0 amide bonds. The Balaban J connectivity index is 3.16. The zero-order chi connectivity index (χ0) is 15.3. The van der Waals surface area contributed by atoms with E-state index < -0.39 is 40.7 Å². The highest BCUT2D eigenvalue weighted by Gasteiger charge is 2.32. The van der Waals surface area contributed by atoms with E-state index in [1.165, 1.54) is 0 Å². The lowest BCUT2D eigenvalue weighted by Crippen LogP contribution is -2.28. The first-order chi connectivity index (χ1) is 9.42. The van der Waals surface area contributed by atoms with Gasteiger partial charge in [-0.2, -0.15) is 0 Å². The summed E-state index contributed by atoms with van der Waals surface area (Å²) >= 11 is 0. The van der Waals surface area contributed by atoms with Crippen LogP contribution in [0.2, 0.25) is 0 Å². The van der Waals surface area contributed by atoms with E-state index in [0.29, 0.717) is 18.6 Å². The van der Waals surface area contributed by atoms with E-state index in [4.69, 9.17) is 4.74 Å². The van der Waals surface area contributed by atoms with Crippen LogP contribution >= 0.6 is 0 Å². The lowest BCUT2D eigenvalue weighted by Gasteiger charge is -2.14. The molecule has 0 aliphatic carbocycles.